The molecule has 0 aliphatic heterocycles. The van der Waals surface area contributed by atoms with E-state index in [0.29, 0.717) is 12.0 Å². The Balaban J connectivity index is 2.20. The number of nitrogens with one attached hydrogen (secondary N) is 1. The van der Waals surface area contributed by atoms with E-state index in [9.17, 15) is 0 Å². The molecular formula is C17H26N4. The summed E-state index contributed by atoms with van der Waals surface area (Å²) >= 11 is 0. The zero-order chi connectivity index (χ0) is 15.1. The molecule has 1 aromatic carbocycles. The largest absolute Gasteiger partial charge is 0.313 e. The van der Waals surface area contributed by atoms with E-state index in [-0.39, 0.29) is 0 Å². The Morgan fingerprint density at radius 3 is 2.52 bits per heavy atom. The number of hydrogen-bond acceptors (Lipinski definition) is 3. The minimum Gasteiger partial charge on any atom is -0.313 e. The molecule has 114 valence electrons. The van der Waals surface area contributed by atoms with Crippen LogP contribution in [0, 0.1) is 0 Å². The minimum absolute atomic E-state index is 0.386. The number of benzene rings is 1. The average molecular weight is 286 g/mol. The molecule has 1 N–H and O–H groups in total. The van der Waals surface area contributed by atoms with E-state index in [1.54, 1.807) is 6.33 Å². The third-order valence-electron chi connectivity index (χ3n) is 4.02. The quantitative estimate of drug-likeness (QED) is 0.811. The lowest BCUT2D eigenvalue weighted by Crippen LogP contribution is -2.37. The summed E-state index contributed by atoms with van der Waals surface area (Å²) in [6, 6.07) is 11.2. The lowest BCUT2D eigenvalue weighted by atomic mass is 9.87. The fourth-order valence-electron chi connectivity index (χ4n) is 2.98. The lowest BCUT2D eigenvalue weighted by molar-refractivity contribution is 0.412. The molecule has 2 unspecified atom stereocenters. The van der Waals surface area contributed by atoms with E-state index in [0.717, 1.165) is 31.8 Å². The van der Waals surface area contributed by atoms with E-state index in [2.05, 4.69) is 66.5 Å². The van der Waals surface area contributed by atoms with Crippen LogP contribution in [0.2, 0.25) is 0 Å². The Hall–Kier alpha value is -1.68. The fraction of sp³-hybridized carbons (Fsp3) is 0.529. The van der Waals surface area contributed by atoms with Gasteiger partial charge >= 0.3 is 0 Å². The van der Waals surface area contributed by atoms with Crippen LogP contribution in [-0.4, -0.2) is 27.4 Å². The minimum atomic E-state index is 0.386. The van der Waals surface area contributed by atoms with E-state index in [4.69, 9.17) is 0 Å². The SMILES string of the molecule is CCNC(Cc1ncnn1CC)C(CC)c1ccccc1. The van der Waals surface area contributed by atoms with Crippen LogP contribution in [0.5, 0.6) is 0 Å². The molecule has 0 fully saturated rings. The van der Waals surface area contributed by atoms with Gasteiger partial charge in [-0.15, -0.1) is 0 Å². The molecule has 0 aliphatic carbocycles. The molecule has 4 nitrogen and oxygen atoms in total. The Kier molecular flexibility index (Phi) is 5.93. The Morgan fingerprint density at radius 2 is 1.90 bits per heavy atom. The lowest BCUT2D eigenvalue weighted by Gasteiger charge is -2.27. The van der Waals surface area contributed by atoms with Crippen molar-refractivity contribution in [2.24, 2.45) is 0 Å². The number of aryl methyl sites for hydroxylation is 1. The second kappa shape index (κ2) is 7.93. The Morgan fingerprint density at radius 1 is 1.14 bits per heavy atom. The van der Waals surface area contributed by atoms with Crippen molar-refractivity contribution >= 4 is 0 Å². The van der Waals surface area contributed by atoms with Crippen LogP contribution < -0.4 is 5.32 Å². The van der Waals surface area contributed by atoms with Crippen LogP contribution in [0.25, 0.3) is 0 Å². The molecular weight excluding hydrogens is 260 g/mol. The van der Waals surface area contributed by atoms with Crippen LogP contribution in [-0.2, 0) is 13.0 Å². The summed E-state index contributed by atoms with van der Waals surface area (Å²) in [6.45, 7) is 8.36. The van der Waals surface area contributed by atoms with Gasteiger partial charge < -0.3 is 5.32 Å². The predicted octanol–water partition coefficient (Wildman–Crippen LogP) is 3.01. The van der Waals surface area contributed by atoms with E-state index in [1.165, 1.54) is 5.56 Å². The first-order chi connectivity index (χ1) is 10.3. The van der Waals surface area contributed by atoms with Crippen LogP contribution in [0.15, 0.2) is 36.7 Å². The van der Waals surface area contributed by atoms with Crippen molar-refractivity contribution < 1.29 is 0 Å². The molecule has 21 heavy (non-hydrogen) atoms. The van der Waals surface area contributed by atoms with Crippen LogP contribution in [0.1, 0.15) is 44.5 Å². The van der Waals surface area contributed by atoms with Gasteiger partial charge in [-0.2, -0.15) is 5.10 Å². The second-order valence-corrected chi connectivity index (χ2v) is 5.29. The molecule has 2 rings (SSSR count). The van der Waals surface area contributed by atoms with Gasteiger partial charge in [0, 0.05) is 19.0 Å². The Labute approximate surface area is 127 Å². The second-order valence-electron chi connectivity index (χ2n) is 5.29. The van der Waals surface area contributed by atoms with Crippen molar-refractivity contribution in [3.63, 3.8) is 0 Å². The third kappa shape index (κ3) is 3.91. The number of aromatic nitrogens is 3. The molecule has 4 heteroatoms. The summed E-state index contributed by atoms with van der Waals surface area (Å²) in [5, 5.41) is 7.92. The van der Waals surface area contributed by atoms with Crippen molar-refractivity contribution in [2.75, 3.05) is 6.54 Å². The first-order valence-corrected chi connectivity index (χ1v) is 7.95. The van der Waals surface area contributed by atoms with Gasteiger partial charge in [0.25, 0.3) is 0 Å². The van der Waals surface area contributed by atoms with Crippen molar-refractivity contribution in [1.82, 2.24) is 20.1 Å². The smallest absolute Gasteiger partial charge is 0.138 e. The molecule has 1 aromatic heterocycles. The van der Waals surface area contributed by atoms with Crippen molar-refractivity contribution in [2.45, 2.75) is 52.1 Å². The van der Waals surface area contributed by atoms with Gasteiger partial charge in [0.05, 0.1) is 0 Å². The van der Waals surface area contributed by atoms with Gasteiger partial charge in [0.2, 0.25) is 0 Å². The summed E-state index contributed by atoms with van der Waals surface area (Å²) in [7, 11) is 0. The highest BCUT2D eigenvalue weighted by molar-refractivity contribution is 5.21. The van der Waals surface area contributed by atoms with E-state index in [1.807, 2.05) is 4.68 Å². The summed E-state index contributed by atoms with van der Waals surface area (Å²) in [5.41, 5.74) is 1.40. The molecule has 0 bridgehead atoms. The zero-order valence-corrected chi connectivity index (χ0v) is 13.3. The van der Waals surface area contributed by atoms with E-state index < -0.39 is 0 Å². The predicted molar refractivity (Wildman–Crippen MR) is 86.3 cm³/mol. The monoisotopic (exact) mass is 286 g/mol. The number of rotatable bonds is 8. The van der Waals surface area contributed by atoms with Crippen LogP contribution >= 0.6 is 0 Å². The van der Waals surface area contributed by atoms with Gasteiger partial charge in [-0.1, -0.05) is 44.2 Å². The molecule has 2 aromatic rings. The number of hydrogen-bond donors (Lipinski definition) is 1. The van der Waals surface area contributed by atoms with Crippen molar-refractivity contribution in [3.8, 4) is 0 Å². The highest BCUT2D eigenvalue weighted by Gasteiger charge is 2.23. The average Bonchev–Trinajstić information content (AvgIpc) is 2.96. The summed E-state index contributed by atoms with van der Waals surface area (Å²) in [5.74, 6) is 1.56. The highest BCUT2D eigenvalue weighted by Crippen LogP contribution is 2.25. The highest BCUT2D eigenvalue weighted by atomic mass is 15.3. The Bertz CT molecular complexity index is 521. The summed E-state index contributed by atoms with van der Waals surface area (Å²) in [6.07, 6.45) is 3.68. The van der Waals surface area contributed by atoms with E-state index >= 15 is 0 Å². The first-order valence-electron chi connectivity index (χ1n) is 7.95. The van der Waals surface area contributed by atoms with Gasteiger partial charge in [0.15, 0.2) is 0 Å². The molecule has 0 spiro atoms. The van der Waals surface area contributed by atoms with Gasteiger partial charge in [-0.05, 0) is 31.4 Å². The zero-order valence-electron chi connectivity index (χ0n) is 13.3. The van der Waals surface area contributed by atoms with Gasteiger partial charge in [0.1, 0.15) is 12.2 Å². The maximum Gasteiger partial charge on any atom is 0.138 e. The molecule has 0 saturated carbocycles. The third-order valence-corrected chi connectivity index (χ3v) is 4.02. The van der Waals surface area contributed by atoms with Gasteiger partial charge in [-0.25, -0.2) is 4.98 Å². The molecule has 1 heterocycles. The molecule has 0 saturated heterocycles. The standard InChI is InChI=1S/C17H26N4/c1-4-15(14-10-8-7-9-11-14)16(18-5-2)12-17-19-13-20-21(17)6-3/h7-11,13,15-16,18H,4-6,12H2,1-3H3. The topological polar surface area (TPSA) is 42.7 Å². The van der Waals surface area contributed by atoms with Crippen LogP contribution in [0.3, 0.4) is 0 Å². The molecule has 2 atom stereocenters. The van der Waals surface area contributed by atoms with Crippen molar-refractivity contribution in [3.05, 3.63) is 48.0 Å². The number of nitrogens with zero attached hydrogens (tertiary/aromatic N) is 3. The summed E-state index contributed by atoms with van der Waals surface area (Å²) in [4.78, 5) is 4.43. The first kappa shape index (κ1) is 15.7. The maximum absolute atomic E-state index is 4.43. The molecule has 0 amide bonds. The molecule has 0 aliphatic rings. The van der Waals surface area contributed by atoms with Crippen LogP contribution in [0.4, 0.5) is 0 Å². The van der Waals surface area contributed by atoms with Crippen molar-refractivity contribution in [1.29, 1.82) is 0 Å². The molecule has 0 radical (unpaired) electrons. The van der Waals surface area contributed by atoms with Gasteiger partial charge in [-0.3, -0.25) is 4.68 Å². The normalized spacial score (nSPS) is 14.0. The fourth-order valence-corrected chi connectivity index (χ4v) is 2.98. The number of likely N-dealkylation sites (N-methyl/N-ethyl adjacent to an activating group) is 1. The maximum atomic E-state index is 4.43. The summed E-state index contributed by atoms with van der Waals surface area (Å²) < 4.78 is 1.99.